The molecule has 0 spiro atoms. The highest BCUT2D eigenvalue weighted by atomic mass is 32.1. The van der Waals surface area contributed by atoms with Crippen LogP contribution in [-0.4, -0.2) is 23.8 Å². The number of hydrogen-bond donors (Lipinski definition) is 3. The number of hydrogen-bond acceptors (Lipinski definition) is 3. The van der Waals surface area contributed by atoms with Crippen LogP contribution in [-0.2, 0) is 0 Å². The molecular weight excluding hydrogens is 284 g/mol. The summed E-state index contributed by atoms with van der Waals surface area (Å²) in [6, 6.07) is 1.96. The van der Waals surface area contributed by atoms with E-state index in [1.807, 2.05) is 20.8 Å². The van der Waals surface area contributed by atoms with Gasteiger partial charge in [-0.1, -0.05) is 13.8 Å². The van der Waals surface area contributed by atoms with Crippen LogP contribution < -0.4 is 10.6 Å². The van der Waals surface area contributed by atoms with Crippen LogP contribution >= 0.6 is 11.3 Å². The molecule has 0 aliphatic heterocycles. The van der Waals surface area contributed by atoms with Crippen LogP contribution in [0.4, 0.5) is 4.79 Å². The molecule has 1 aromatic rings. The molecular formula is C16H28N2O2S. The zero-order valence-electron chi connectivity index (χ0n) is 13.9. The summed E-state index contributed by atoms with van der Waals surface area (Å²) in [6.07, 6.45) is 0.297. The lowest BCUT2D eigenvalue weighted by Gasteiger charge is -2.27. The van der Waals surface area contributed by atoms with Gasteiger partial charge < -0.3 is 15.7 Å². The second-order valence-electron chi connectivity index (χ2n) is 6.63. The quantitative estimate of drug-likeness (QED) is 0.752. The first-order valence-corrected chi connectivity index (χ1v) is 8.22. The standard InChI is InChI=1S/C16H28N2O2S/c1-10(19)8-16(5,6)9-17-15(20)18-12(3)14-7-11(2)21-13(14)4/h7,10,12,19H,8-9H2,1-6H3,(H2,17,18,20). The Morgan fingerprint density at radius 2 is 2.00 bits per heavy atom. The zero-order valence-corrected chi connectivity index (χ0v) is 14.7. The van der Waals surface area contributed by atoms with Gasteiger partial charge in [-0.15, -0.1) is 11.3 Å². The van der Waals surface area contributed by atoms with Crippen molar-refractivity contribution in [2.24, 2.45) is 5.41 Å². The zero-order chi connectivity index (χ0) is 16.2. The molecule has 0 fully saturated rings. The van der Waals surface area contributed by atoms with Crippen LogP contribution in [0.25, 0.3) is 0 Å². The van der Waals surface area contributed by atoms with Crippen molar-refractivity contribution in [1.29, 1.82) is 0 Å². The number of nitrogens with one attached hydrogen (secondary N) is 2. The highest BCUT2D eigenvalue weighted by Crippen LogP contribution is 2.26. The van der Waals surface area contributed by atoms with E-state index in [-0.39, 0.29) is 23.6 Å². The number of rotatable bonds is 6. The van der Waals surface area contributed by atoms with Crippen LogP contribution in [0.2, 0.25) is 0 Å². The van der Waals surface area contributed by atoms with E-state index in [0.29, 0.717) is 13.0 Å². The monoisotopic (exact) mass is 312 g/mol. The van der Waals surface area contributed by atoms with Crippen molar-refractivity contribution in [2.75, 3.05) is 6.54 Å². The number of urea groups is 1. The number of amides is 2. The summed E-state index contributed by atoms with van der Waals surface area (Å²) in [4.78, 5) is 14.5. The van der Waals surface area contributed by atoms with Gasteiger partial charge in [0.15, 0.2) is 0 Å². The molecule has 4 nitrogen and oxygen atoms in total. The smallest absolute Gasteiger partial charge is 0.315 e. The predicted molar refractivity (Wildman–Crippen MR) is 88.8 cm³/mol. The number of aliphatic hydroxyl groups is 1. The molecule has 0 radical (unpaired) electrons. The lowest BCUT2D eigenvalue weighted by molar-refractivity contribution is 0.128. The molecule has 1 rings (SSSR count). The number of aliphatic hydroxyl groups excluding tert-OH is 1. The minimum absolute atomic E-state index is 0.00479. The fourth-order valence-corrected chi connectivity index (χ4v) is 3.62. The van der Waals surface area contributed by atoms with E-state index in [1.165, 1.54) is 15.3 Å². The second kappa shape index (κ2) is 7.27. The maximum Gasteiger partial charge on any atom is 0.315 e. The average Bonchev–Trinajstić information content (AvgIpc) is 2.64. The molecule has 2 unspecified atom stereocenters. The summed E-state index contributed by atoms with van der Waals surface area (Å²) in [7, 11) is 0. The molecule has 0 aromatic carbocycles. The maximum absolute atomic E-state index is 12.0. The summed E-state index contributed by atoms with van der Waals surface area (Å²) < 4.78 is 0. The van der Waals surface area contributed by atoms with Gasteiger partial charge in [-0.3, -0.25) is 0 Å². The highest BCUT2D eigenvalue weighted by Gasteiger charge is 2.21. The van der Waals surface area contributed by atoms with E-state index in [2.05, 4.69) is 30.5 Å². The Kier molecular flexibility index (Phi) is 6.23. The molecule has 3 N–H and O–H groups in total. The van der Waals surface area contributed by atoms with Gasteiger partial charge in [0, 0.05) is 16.3 Å². The summed E-state index contributed by atoms with van der Waals surface area (Å²) in [5, 5.41) is 15.3. The maximum atomic E-state index is 12.0. The Hall–Kier alpha value is -1.07. The number of aryl methyl sites for hydroxylation is 2. The lowest BCUT2D eigenvalue weighted by Crippen LogP contribution is -2.42. The van der Waals surface area contributed by atoms with E-state index in [9.17, 15) is 9.90 Å². The largest absolute Gasteiger partial charge is 0.393 e. The Morgan fingerprint density at radius 1 is 1.38 bits per heavy atom. The molecule has 21 heavy (non-hydrogen) atoms. The van der Waals surface area contributed by atoms with Crippen LogP contribution in [0.5, 0.6) is 0 Å². The van der Waals surface area contributed by atoms with Crippen LogP contribution in [0.15, 0.2) is 6.07 Å². The highest BCUT2D eigenvalue weighted by molar-refractivity contribution is 7.12. The van der Waals surface area contributed by atoms with Crippen LogP contribution in [0.1, 0.15) is 55.5 Å². The number of carbonyl (C=O) groups is 1. The number of carbonyl (C=O) groups excluding carboxylic acids is 1. The summed E-state index contributed by atoms with van der Waals surface area (Å²) in [6.45, 7) is 12.5. The van der Waals surface area contributed by atoms with Crippen molar-refractivity contribution >= 4 is 17.4 Å². The van der Waals surface area contributed by atoms with Gasteiger partial charge in [0.25, 0.3) is 0 Å². The van der Waals surface area contributed by atoms with Gasteiger partial charge in [-0.2, -0.15) is 0 Å². The molecule has 0 saturated heterocycles. The fourth-order valence-electron chi connectivity index (χ4n) is 2.60. The van der Waals surface area contributed by atoms with Crippen molar-refractivity contribution in [3.63, 3.8) is 0 Å². The van der Waals surface area contributed by atoms with E-state index in [1.54, 1.807) is 18.3 Å². The molecule has 0 saturated carbocycles. The molecule has 0 bridgehead atoms. The molecule has 0 aliphatic carbocycles. The molecule has 0 aliphatic rings. The Bertz CT molecular complexity index is 481. The first kappa shape index (κ1) is 18.0. The number of thiophene rings is 1. The first-order valence-electron chi connectivity index (χ1n) is 7.40. The third-order valence-electron chi connectivity index (χ3n) is 3.47. The van der Waals surface area contributed by atoms with Crippen LogP contribution in [0, 0.1) is 19.3 Å². The summed E-state index contributed by atoms with van der Waals surface area (Å²) >= 11 is 1.75. The van der Waals surface area contributed by atoms with Crippen molar-refractivity contribution in [3.8, 4) is 0 Å². The average molecular weight is 312 g/mol. The molecule has 1 aromatic heterocycles. The van der Waals surface area contributed by atoms with Gasteiger partial charge in [-0.25, -0.2) is 4.79 Å². The first-order chi connectivity index (χ1) is 9.60. The summed E-state index contributed by atoms with van der Waals surface area (Å²) in [5.41, 5.74) is 1.06. The fraction of sp³-hybridized carbons (Fsp3) is 0.688. The summed E-state index contributed by atoms with van der Waals surface area (Å²) in [5.74, 6) is 0. The third-order valence-corrected chi connectivity index (χ3v) is 4.45. The van der Waals surface area contributed by atoms with Gasteiger partial charge in [0.2, 0.25) is 0 Å². The second-order valence-corrected chi connectivity index (χ2v) is 8.10. The van der Waals surface area contributed by atoms with Gasteiger partial charge in [0.1, 0.15) is 0 Å². The minimum Gasteiger partial charge on any atom is -0.393 e. The van der Waals surface area contributed by atoms with Crippen molar-refractivity contribution in [2.45, 2.75) is 60.1 Å². The van der Waals surface area contributed by atoms with E-state index < -0.39 is 0 Å². The normalized spacial score (nSPS) is 14.6. The SMILES string of the molecule is Cc1cc(C(C)NC(=O)NCC(C)(C)CC(C)O)c(C)s1. The van der Waals surface area contributed by atoms with Gasteiger partial charge in [-0.05, 0) is 51.2 Å². The Balaban J connectivity index is 2.49. The Labute approximate surface area is 132 Å². The van der Waals surface area contributed by atoms with Crippen molar-refractivity contribution in [3.05, 3.63) is 21.4 Å². The van der Waals surface area contributed by atoms with E-state index in [0.717, 1.165) is 0 Å². The van der Waals surface area contributed by atoms with E-state index in [4.69, 9.17) is 0 Å². The topological polar surface area (TPSA) is 61.4 Å². The van der Waals surface area contributed by atoms with Crippen molar-refractivity contribution in [1.82, 2.24) is 10.6 Å². The Morgan fingerprint density at radius 3 is 2.48 bits per heavy atom. The molecule has 2 atom stereocenters. The molecule has 2 amide bonds. The van der Waals surface area contributed by atoms with Gasteiger partial charge >= 0.3 is 6.03 Å². The third kappa shape index (κ3) is 6.06. The molecule has 1 heterocycles. The predicted octanol–water partition coefficient (Wildman–Crippen LogP) is 3.52. The molecule has 120 valence electrons. The lowest BCUT2D eigenvalue weighted by atomic mass is 9.87. The van der Waals surface area contributed by atoms with E-state index >= 15 is 0 Å². The minimum atomic E-state index is -0.361. The molecule has 5 heteroatoms. The van der Waals surface area contributed by atoms with Crippen LogP contribution in [0.3, 0.4) is 0 Å². The van der Waals surface area contributed by atoms with Gasteiger partial charge in [0.05, 0.1) is 12.1 Å². The van der Waals surface area contributed by atoms with Crippen molar-refractivity contribution < 1.29 is 9.90 Å².